The number of hydrogen-bond acceptors (Lipinski definition) is 8. The third kappa shape index (κ3) is 3.40. The molecule has 2 aromatic carbocycles. The van der Waals surface area contributed by atoms with Crippen molar-refractivity contribution in [2.45, 2.75) is 6.54 Å². The highest BCUT2D eigenvalue weighted by molar-refractivity contribution is 9.10. The van der Waals surface area contributed by atoms with Crippen molar-refractivity contribution in [2.75, 3.05) is 27.9 Å². The Morgan fingerprint density at radius 1 is 1.19 bits per heavy atom. The number of hydrogen-bond donors (Lipinski definition) is 2. The molecule has 2 aromatic heterocycles. The molecule has 0 saturated carbocycles. The van der Waals surface area contributed by atoms with E-state index in [0.717, 1.165) is 0 Å². The average Bonchev–Trinajstić information content (AvgIpc) is 3.15. The first-order chi connectivity index (χ1) is 14.9. The summed E-state index contributed by atoms with van der Waals surface area (Å²) >= 11 is 4.63. The minimum Gasteiger partial charge on any atom is -0.506 e. The summed E-state index contributed by atoms with van der Waals surface area (Å²) in [6, 6.07) is 6.70. The predicted octanol–water partition coefficient (Wildman–Crippen LogP) is 4.12. The topological polar surface area (TPSA) is 103 Å². The second kappa shape index (κ2) is 8.37. The lowest BCUT2D eigenvalue weighted by Gasteiger charge is -2.17. The summed E-state index contributed by atoms with van der Waals surface area (Å²) in [5.74, 6) is 0.702. The van der Waals surface area contributed by atoms with E-state index < -0.39 is 0 Å². The van der Waals surface area contributed by atoms with Gasteiger partial charge >= 0.3 is 0 Å². The number of aromatic hydroxyl groups is 2. The van der Waals surface area contributed by atoms with Crippen LogP contribution in [0.5, 0.6) is 23.0 Å². The van der Waals surface area contributed by atoms with Crippen molar-refractivity contribution in [2.24, 2.45) is 0 Å². The van der Waals surface area contributed by atoms with Crippen LogP contribution < -0.4 is 15.0 Å². The zero-order valence-electron chi connectivity index (χ0n) is 16.9. The van der Waals surface area contributed by atoms with Crippen LogP contribution in [0, 0.1) is 0 Å². The van der Waals surface area contributed by atoms with Gasteiger partial charge in [-0.3, -0.25) is 9.36 Å². The number of phenolic OH excluding ortho intramolecular Hbond substituents is 2. The maximum absolute atomic E-state index is 13.5. The number of benzene rings is 2. The summed E-state index contributed by atoms with van der Waals surface area (Å²) in [6.45, 7) is 0.523. The molecule has 8 nitrogen and oxygen atoms in total. The fourth-order valence-corrected chi connectivity index (χ4v) is 5.03. The van der Waals surface area contributed by atoms with Crippen molar-refractivity contribution in [1.29, 1.82) is 0 Å². The summed E-state index contributed by atoms with van der Waals surface area (Å²) in [5, 5.41) is 21.9. The van der Waals surface area contributed by atoms with Gasteiger partial charge in [-0.05, 0) is 28.1 Å². The van der Waals surface area contributed by atoms with Gasteiger partial charge in [0.2, 0.25) is 5.75 Å². The first kappa shape index (κ1) is 21.4. The largest absolute Gasteiger partial charge is 0.506 e. The number of rotatable bonds is 6. The molecule has 0 aliphatic carbocycles. The van der Waals surface area contributed by atoms with E-state index in [0.29, 0.717) is 41.9 Å². The van der Waals surface area contributed by atoms with E-state index in [1.165, 1.54) is 30.1 Å². The molecule has 0 atom stereocenters. The fraction of sp³-hybridized carbons (Fsp3) is 0.238. The summed E-state index contributed by atoms with van der Waals surface area (Å²) in [4.78, 5) is 18.8. The van der Waals surface area contributed by atoms with Crippen molar-refractivity contribution in [1.82, 2.24) is 9.55 Å². The number of fused-ring (bicyclic) bond motifs is 3. The Labute approximate surface area is 189 Å². The number of aromatic nitrogens is 2. The highest BCUT2D eigenvalue weighted by Gasteiger charge is 2.24. The molecule has 0 aliphatic rings. The Morgan fingerprint density at radius 3 is 2.65 bits per heavy atom. The summed E-state index contributed by atoms with van der Waals surface area (Å²) in [6.07, 6.45) is 0. The second-order valence-electron chi connectivity index (χ2n) is 6.64. The third-order valence-corrected chi connectivity index (χ3v) is 6.87. The van der Waals surface area contributed by atoms with Gasteiger partial charge in [-0.1, -0.05) is 12.1 Å². The van der Waals surface area contributed by atoms with Crippen molar-refractivity contribution in [3.63, 3.8) is 0 Å². The van der Waals surface area contributed by atoms with E-state index in [1.807, 2.05) is 0 Å². The van der Waals surface area contributed by atoms with Gasteiger partial charge in [0.1, 0.15) is 16.4 Å². The molecule has 0 saturated heterocycles. The van der Waals surface area contributed by atoms with E-state index in [9.17, 15) is 15.0 Å². The smallest absolute Gasteiger partial charge is 0.263 e. The molecule has 0 spiro atoms. The summed E-state index contributed by atoms with van der Waals surface area (Å²) < 4.78 is 18.2. The van der Waals surface area contributed by atoms with E-state index in [2.05, 4.69) is 15.9 Å². The molecular formula is C21H19BrN2O6S. The minimum absolute atomic E-state index is 0.0924. The first-order valence-electron chi connectivity index (χ1n) is 9.20. The normalized spacial score (nSPS) is 11.4. The number of nitrogens with zero attached hydrogens (tertiary/aromatic N) is 2. The number of methoxy groups -OCH3 is 3. The fourth-order valence-electron chi connectivity index (χ4n) is 3.48. The molecule has 4 aromatic rings. The lowest BCUT2D eigenvalue weighted by molar-refractivity contribution is 0.186. The maximum Gasteiger partial charge on any atom is 0.263 e. The molecule has 2 heterocycles. The monoisotopic (exact) mass is 506 g/mol. The van der Waals surface area contributed by atoms with Gasteiger partial charge in [0.15, 0.2) is 11.5 Å². The quantitative estimate of drug-likeness (QED) is 0.405. The Morgan fingerprint density at radius 2 is 1.97 bits per heavy atom. The minimum atomic E-state index is -0.268. The van der Waals surface area contributed by atoms with Gasteiger partial charge < -0.3 is 24.4 Å². The molecule has 162 valence electrons. The Balaban J connectivity index is 2.11. The number of phenols is 2. The molecule has 0 unspecified atom stereocenters. The van der Waals surface area contributed by atoms with Crippen molar-refractivity contribution in [3.05, 3.63) is 39.1 Å². The average molecular weight is 507 g/mol. The molecule has 4 rings (SSSR count). The van der Waals surface area contributed by atoms with Gasteiger partial charge in [0.25, 0.3) is 5.56 Å². The number of ether oxygens (including phenoxy) is 3. The van der Waals surface area contributed by atoms with Gasteiger partial charge in [-0.2, -0.15) is 0 Å². The molecule has 31 heavy (non-hydrogen) atoms. The van der Waals surface area contributed by atoms with Crippen molar-refractivity contribution >= 4 is 47.6 Å². The van der Waals surface area contributed by atoms with Gasteiger partial charge in [0, 0.05) is 18.1 Å². The van der Waals surface area contributed by atoms with Crippen LogP contribution in [0.1, 0.15) is 0 Å². The van der Waals surface area contributed by atoms with E-state index in [-0.39, 0.29) is 36.0 Å². The van der Waals surface area contributed by atoms with Crippen LogP contribution in [0.4, 0.5) is 0 Å². The highest BCUT2D eigenvalue weighted by atomic mass is 79.9. The zero-order valence-corrected chi connectivity index (χ0v) is 19.3. The van der Waals surface area contributed by atoms with Crippen molar-refractivity contribution < 1.29 is 24.4 Å². The maximum atomic E-state index is 13.5. The van der Waals surface area contributed by atoms with Crippen LogP contribution in [0.15, 0.2) is 33.5 Å². The molecular weight excluding hydrogens is 488 g/mol. The summed E-state index contributed by atoms with van der Waals surface area (Å²) in [7, 11) is 4.43. The van der Waals surface area contributed by atoms with Crippen LogP contribution in [0.3, 0.4) is 0 Å². The van der Waals surface area contributed by atoms with Crippen molar-refractivity contribution in [3.8, 4) is 34.4 Å². The number of thiophene rings is 1. The zero-order chi connectivity index (χ0) is 22.3. The molecule has 10 heteroatoms. The SMILES string of the molecule is COCCn1c(-c2cc(OC)c(OC)c(O)c2Br)nc2sc3c(O)cccc3c2c1=O. The summed E-state index contributed by atoms with van der Waals surface area (Å²) in [5.41, 5.74) is 0.182. The van der Waals surface area contributed by atoms with E-state index in [4.69, 9.17) is 19.2 Å². The van der Waals surface area contributed by atoms with E-state index in [1.54, 1.807) is 31.4 Å². The van der Waals surface area contributed by atoms with Crippen LogP contribution in [-0.4, -0.2) is 47.7 Å². The lowest BCUT2D eigenvalue weighted by atomic mass is 10.1. The molecule has 0 aliphatic heterocycles. The van der Waals surface area contributed by atoms with Crippen LogP contribution in [-0.2, 0) is 11.3 Å². The first-order valence-corrected chi connectivity index (χ1v) is 10.8. The Kier molecular flexibility index (Phi) is 5.78. The van der Waals surface area contributed by atoms with E-state index >= 15 is 0 Å². The molecule has 0 amide bonds. The standard InChI is InChI=1S/C21H19BrN2O6S/c1-28-8-7-24-19(11-9-13(29-2)17(30-3)16(26)15(11)22)23-20-14(21(24)27)10-5-4-6-12(25)18(10)31-20/h4-6,9,25-26H,7-8H2,1-3H3. The van der Waals surface area contributed by atoms with Gasteiger partial charge in [-0.15, -0.1) is 11.3 Å². The molecule has 0 fully saturated rings. The molecule has 0 bridgehead atoms. The molecule has 2 N–H and O–H groups in total. The Hall–Kier alpha value is -2.82. The Bertz CT molecular complexity index is 1360. The van der Waals surface area contributed by atoms with Crippen LogP contribution >= 0.6 is 27.3 Å². The highest BCUT2D eigenvalue weighted by Crippen LogP contribution is 2.47. The number of halogens is 1. The third-order valence-electron chi connectivity index (χ3n) is 4.94. The van der Waals surface area contributed by atoms with Gasteiger partial charge in [0.05, 0.1) is 41.9 Å². The second-order valence-corrected chi connectivity index (χ2v) is 8.44. The molecule has 0 radical (unpaired) electrons. The van der Waals surface area contributed by atoms with Crippen LogP contribution in [0.2, 0.25) is 0 Å². The van der Waals surface area contributed by atoms with Gasteiger partial charge in [-0.25, -0.2) is 4.98 Å². The predicted molar refractivity (Wildman–Crippen MR) is 123 cm³/mol. The lowest BCUT2D eigenvalue weighted by Crippen LogP contribution is -2.25. The van der Waals surface area contributed by atoms with Crippen LogP contribution in [0.25, 0.3) is 31.7 Å².